The van der Waals surface area contributed by atoms with Gasteiger partial charge in [-0.3, -0.25) is 5.84 Å². The first-order valence-corrected chi connectivity index (χ1v) is 6.34. The van der Waals surface area contributed by atoms with E-state index in [4.69, 9.17) is 10.6 Å². The number of rotatable bonds is 3. The van der Waals surface area contributed by atoms with Crippen LogP contribution in [0.2, 0.25) is 0 Å². The zero-order valence-electron chi connectivity index (χ0n) is 10.6. The second-order valence-corrected chi connectivity index (χ2v) is 4.78. The van der Waals surface area contributed by atoms with Crippen molar-refractivity contribution in [2.75, 3.05) is 0 Å². The molecule has 0 aliphatic carbocycles. The third-order valence-corrected chi connectivity index (χ3v) is 3.52. The maximum Gasteiger partial charge on any atom is 0.128 e. The molecule has 20 heavy (non-hydrogen) atoms. The Balaban J connectivity index is 1.91. The zero-order chi connectivity index (χ0) is 14.1. The third-order valence-electron chi connectivity index (χ3n) is 3.52. The lowest BCUT2D eigenvalue weighted by atomic mass is 9.97. The summed E-state index contributed by atoms with van der Waals surface area (Å²) in [7, 11) is 0. The molecule has 0 saturated carbocycles. The molecule has 0 aromatic heterocycles. The summed E-state index contributed by atoms with van der Waals surface area (Å²) >= 11 is 0. The summed E-state index contributed by atoms with van der Waals surface area (Å²) in [6.07, 6.45) is 0.231. The van der Waals surface area contributed by atoms with Crippen LogP contribution in [0.5, 0.6) is 5.75 Å². The number of nitrogens with one attached hydrogen (secondary N) is 1. The van der Waals surface area contributed by atoms with Crippen LogP contribution < -0.4 is 16.0 Å². The van der Waals surface area contributed by atoms with E-state index in [9.17, 15) is 8.78 Å². The molecule has 0 amide bonds. The van der Waals surface area contributed by atoms with Gasteiger partial charge in [-0.2, -0.15) is 0 Å². The molecule has 104 valence electrons. The highest BCUT2D eigenvalue weighted by Gasteiger charge is 2.32. The largest absolute Gasteiger partial charge is 0.488 e. The number of benzene rings is 2. The van der Waals surface area contributed by atoms with E-state index in [0.29, 0.717) is 6.42 Å². The van der Waals surface area contributed by atoms with E-state index in [1.165, 1.54) is 0 Å². The minimum absolute atomic E-state index is 0.172. The first kappa shape index (κ1) is 13.0. The summed E-state index contributed by atoms with van der Waals surface area (Å²) < 4.78 is 33.0. The van der Waals surface area contributed by atoms with Crippen molar-refractivity contribution in [3.63, 3.8) is 0 Å². The number of nitrogens with two attached hydrogens (primary N) is 1. The van der Waals surface area contributed by atoms with Crippen molar-refractivity contribution in [1.82, 2.24) is 5.43 Å². The second kappa shape index (κ2) is 5.19. The molecule has 0 fully saturated rings. The molecule has 3 rings (SSSR count). The Morgan fingerprint density at radius 3 is 2.75 bits per heavy atom. The Kier molecular flexibility index (Phi) is 3.38. The number of hydrazine groups is 1. The average Bonchev–Trinajstić information content (AvgIpc) is 2.87. The summed E-state index contributed by atoms with van der Waals surface area (Å²) in [5, 5.41) is 0. The highest BCUT2D eigenvalue weighted by Crippen LogP contribution is 2.34. The van der Waals surface area contributed by atoms with Crippen LogP contribution in [-0.2, 0) is 6.42 Å². The Bertz CT molecular complexity index is 608. The molecule has 1 aliphatic heterocycles. The van der Waals surface area contributed by atoms with Gasteiger partial charge in [-0.05, 0) is 29.8 Å². The Morgan fingerprint density at radius 1 is 1.20 bits per heavy atom. The second-order valence-electron chi connectivity index (χ2n) is 4.78. The molecule has 1 heterocycles. The zero-order valence-corrected chi connectivity index (χ0v) is 10.6. The average molecular weight is 276 g/mol. The van der Waals surface area contributed by atoms with Crippen molar-refractivity contribution >= 4 is 0 Å². The van der Waals surface area contributed by atoms with E-state index in [1.807, 2.05) is 24.3 Å². The highest BCUT2D eigenvalue weighted by atomic mass is 19.1. The Hall–Kier alpha value is -1.98. The number of hydrogen-bond acceptors (Lipinski definition) is 3. The van der Waals surface area contributed by atoms with E-state index in [-0.39, 0.29) is 11.7 Å². The third kappa shape index (κ3) is 2.26. The van der Waals surface area contributed by atoms with Gasteiger partial charge in [0.1, 0.15) is 23.5 Å². The van der Waals surface area contributed by atoms with Gasteiger partial charge in [0.15, 0.2) is 0 Å². The summed E-state index contributed by atoms with van der Waals surface area (Å²) in [5.74, 6) is 5.27. The van der Waals surface area contributed by atoms with Crippen molar-refractivity contribution in [3.8, 4) is 5.75 Å². The number of halogens is 2. The minimum atomic E-state index is -0.613. The minimum Gasteiger partial charge on any atom is -0.488 e. The number of hydrogen-bond donors (Lipinski definition) is 2. The lowest BCUT2D eigenvalue weighted by Crippen LogP contribution is -2.39. The van der Waals surface area contributed by atoms with Crippen molar-refractivity contribution in [1.29, 1.82) is 0 Å². The highest BCUT2D eigenvalue weighted by molar-refractivity contribution is 5.38. The molecular weight excluding hydrogens is 262 g/mol. The summed E-state index contributed by atoms with van der Waals surface area (Å²) in [6, 6.07) is 10.3. The van der Waals surface area contributed by atoms with Gasteiger partial charge in [0.05, 0.1) is 6.04 Å². The molecule has 0 saturated heterocycles. The molecule has 1 aliphatic rings. The van der Waals surface area contributed by atoms with Crippen LogP contribution in [0, 0.1) is 11.6 Å². The van der Waals surface area contributed by atoms with Gasteiger partial charge in [-0.25, -0.2) is 14.2 Å². The SMILES string of the molecule is NNC(c1cc(F)ccc1F)C1Cc2ccccc2O1. The first-order valence-electron chi connectivity index (χ1n) is 6.34. The normalized spacial score (nSPS) is 18.4. The summed E-state index contributed by atoms with van der Waals surface area (Å²) in [5.41, 5.74) is 3.74. The van der Waals surface area contributed by atoms with Crippen molar-refractivity contribution in [3.05, 3.63) is 65.2 Å². The van der Waals surface area contributed by atoms with Crippen LogP contribution in [-0.4, -0.2) is 6.10 Å². The smallest absolute Gasteiger partial charge is 0.128 e. The first-order chi connectivity index (χ1) is 9.69. The quantitative estimate of drug-likeness (QED) is 0.669. The maximum atomic E-state index is 13.9. The van der Waals surface area contributed by atoms with E-state index in [2.05, 4.69) is 5.43 Å². The fourth-order valence-electron chi connectivity index (χ4n) is 2.55. The molecule has 0 bridgehead atoms. The van der Waals surface area contributed by atoms with E-state index < -0.39 is 17.7 Å². The van der Waals surface area contributed by atoms with Gasteiger partial charge in [0.25, 0.3) is 0 Å². The van der Waals surface area contributed by atoms with Crippen LogP contribution in [0.4, 0.5) is 8.78 Å². The summed E-state index contributed by atoms with van der Waals surface area (Å²) in [4.78, 5) is 0. The van der Waals surface area contributed by atoms with Crippen molar-refractivity contribution in [2.24, 2.45) is 5.84 Å². The van der Waals surface area contributed by atoms with Gasteiger partial charge in [-0.1, -0.05) is 18.2 Å². The molecular formula is C15H14F2N2O. The van der Waals surface area contributed by atoms with Gasteiger partial charge < -0.3 is 4.74 Å². The van der Waals surface area contributed by atoms with Gasteiger partial charge >= 0.3 is 0 Å². The molecule has 0 radical (unpaired) electrons. The number of ether oxygens (including phenoxy) is 1. The molecule has 2 unspecified atom stereocenters. The monoisotopic (exact) mass is 276 g/mol. The van der Waals surface area contributed by atoms with Crippen LogP contribution >= 0.6 is 0 Å². The predicted octanol–water partition coefficient (Wildman–Crippen LogP) is 2.47. The standard InChI is InChI=1S/C15H14F2N2O/c16-10-5-6-12(17)11(8-10)15(19-18)14-7-9-3-1-2-4-13(9)20-14/h1-6,8,14-15,19H,7,18H2. The van der Waals surface area contributed by atoms with Crippen molar-refractivity contribution in [2.45, 2.75) is 18.6 Å². The topological polar surface area (TPSA) is 47.3 Å². The van der Waals surface area contributed by atoms with Crippen LogP contribution in [0.3, 0.4) is 0 Å². The molecule has 3 nitrogen and oxygen atoms in total. The van der Waals surface area contributed by atoms with E-state index >= 15 is 0 Å². The van der Waals surface area contributed by atoms with Crippen molar-refractivity contribution < 1.29 is 13.5 Å². The fraction of sp³-hybridized carbons (Fsp3) is 0.200. The lowest BCUT2D eigenvalue weighted by Gasteiger charge is -2.23. The Morgan fingerprint density at radius 2 is 2.00 bits per heavy atom. The molecule has 2 aromatic rings. The molecule has 0 spiro atoms. The fourth-order valence-corrected chi connectivity index (χ4v) is 2.55. The van der Waals surface area contributed by atoms with Gasteiger partial charge in [0, 0.05) is 12.0 Å². The molecule has 2 aromatic carbocycles. The van der Waals surface area contributed by atoms with Crippen LogP contribution in [0.15, 0.2) is 42.5 Å². The number of fused-ring (bicyclic) bond motifs is 1. The number of para-hydroxylation sites is 1. The van der Waals surface area contributed by atoms with Gasteiger partial charge in [0.2, 0.25) is 0 Å². The molecule has 3 N–H and O–H groups in total. The molecule has 2 atom stereocenters. The van der Waals surface area contributed by atoms with E-state index in [1.54, 1.807) is 0 Å². The van der Waals surface area contributed by atoms with E-state index in [0.717, 1.165) is 29.5 Å². The summed E-state index contributed by atoms with van der Waals surface area (Å²) in [6.45, 7) is 0. The van der Waals surface area contributed by atoms with Gasteiger partial charge in [-0.15, -0.1) is 0 Å². The lowest BCUT2D eigenvalue weighted by molar-refractivity contribution is 0.176. The van der Waals surface area contributed by atoms with Crippen LogP contribution in [0.25, 0.3) is 0 Å². The van der Waals surface area contributed by atoms with Crippen LogP contribution in [0.1, 0.15) is 17.2 Å². The molecule has 5 heteroatoms. The predicted molar refractivity (Wildman–Crippen MR) is 71.0 cm³/mol. The Labute approximate surface area is 115 Å². The maximum absolute atomic E-state index is 13.9.